The van der Waals surface area contributed by atoms with Gasteiger partial charge in [-0.1, -0.05) is 55.3 Å². The molecule has 3 rings (SSSR count). The van der Waals surface area contributed by atoms with Gasteiger partial charge >= 0.3 is 0 Å². The monoisotopic (exact) mass is 411 g/mol. The minimum Gasteiger partial charge on any atom is -0.324 e. The number of nitrogens with zero attached hydrogens (tertiary/aromatic N) is 2. The molecule has 3 aromatic rings. The van der Waals surface area contributed by atoms with E-state index in [1.807, 2.05) is 63.2 Å². The van der Waals surface area contributed by atoms with Crippen molar-refractivity contribution in [3.63, 3.8) is 0 Å². The van der Waals surface area contributed by atoms with Gasteiger partial charge in [-0.15, -0.1) is 0 Å². The Hall–Kier alpha value is -2.92. The molecular weight excluding hydrogens is 386 g/mol. The number of halogens is 1. The Kier molecular flexibility index (Phi) is 8.16. The highest BCUT2D eigenvalue weighted by atomic mass is 35.5. The zero-order valence-corrected chi connectivity index (χ0v) is 18.0. The molecule has 1 amide bonds. The van der Waals surface area contributed by atoms with Gasteiger partial charge in [0.1, 0.15) is 6.54 Å². The average Bonchev–Trinajstić information content (AvgIpc) is 2.69. The van der Waals surface area contributed by atoms with Crippen molar-refractivity contribution in [1.29, 1.82) is 0 Å². The van der Waals surface area contributed by atoms with Crippen LogP contribution in [0.15, 0.2) is 59.4 Å². The number of anilines is 1. The zero-order valence-electron chi connectivity index (χ0n) is 17.2. The average molecular weight is 412 g/mol. The van der Waals surface area contributed by atoms with Gasteiger partial charge in [0.05, 0.1) is 5.69 Å². The molecule has 0 aliphatic rings. The first-order chi connectivity index (χ1) is 13.9. The van der Waals surface area contributed by atoms with E-state index in [0.29, 0.717) is 28.4 Å². The van der Waals surface area contributed by atoms with Crippen LogP contribution in [0.3, 0.4) is 0 Å². The Morgan fingerprint density at radius 2 is 1.76 bits per heavy atom. The fraction of sp³-hybridized carbons (Fsp3) is 0.261. The zero-order chi connectivity index (χ0) is 21.4. The van der Waals surface area contributed by atoms with Crippen molar-refractivity contribution in [2.45, 2.75) is 40.7 Å². The molecule has 152 valence electrons. The Balaban J connectivity index is 0.00000145. The number of amides is 1. The van der Waals surface area contributed by atoms with Gasteiger partial charge in [0.2, 0.25) is 5.91 Å². The van der Waals surface area contributed by atoms with Crippen molar-refractivity contribution in [2.24, 2.45) is 0 Å². The van der Waals surface area contributed by atoms with E-state index >= 15 is 0 Å². The third kappa shape index (κ3) is 6.57. The fourth-order valence-electron chi connectivity index (χ4n) is 2.82. The molecule has 0 fully saturated rings. The molecule has 0 unspecified atom stereocenters. The molecule has 0 saturated carbocycles. The highest BCUT2D eigenvalue weighted by molar-refractivity contribution is 6.30. The highest BCUT2D eigenvalue weighted by Gasteiger charge is 2.11. The van der Waals surface area contributed by atoms with Crippen molar-refractivity contribution >= 4 is 23.2 Å². The van der Waals surface area contributed by atoms with Gasteiger partial charge in [0.25, 0.3) is 5.56 Å². The molecule has 1 aromatic heterocycles. The third-order valence-electron chi connectivity index (χ3n) is 4.08. The molecule has 0 radical (unpaired) electrons. The van der Waals surface area contributed by atoms with E-state index in [1.54, 1.807) is 19.1 Å². The number of carbonyl (C=O) groups excluding carboxylic acids is 1. The molecule has 1 heterocycles. The van der Waals surface area contributed by atoms with Crippen molar-refractivity contribution in [1.82, 2.24) is 9.78 Å². The summed E-state index contributed by atoms with van der Waals surface area (Å²) in [6.45, 7) is 7.63. The van der Waals surface area contributed by atoms with E-state index in [0.717, 1.165) is 11.1 Å². The first-order valence-electron chi connectivity index (χ1n) is 9.59. The molecule has 0 bridgehead atoms. The predicted octanol–water partition coefficient (Wildman–Crippen LogP) is 4.77. The number of benzene rings is 2. The quantitative estimate of drug-likeness (QED) is 0.657. The number of rotatable bonds is 5. The molecule has 1 N–H and O–H groups in total. The molecule has 0 aliphatic carbocycles. The number of hydrogen-bond acceptors (Lipinski definition) is 3. The lowest BCUT2D eigenvalue weighted by atomic mass is 10.1. The summed E-state index contributed by atoms with van der Waals surface area (Å²) in [6, 6.07) is 16.6. The van der Waals surface area contributed by atoms with Crippen LogP contribution in [0.2, 0.25) is 5.02 Å². The van der Waals surface area contributed by atoms with Gasteiger partial charge in [0.15, 0.2) is 0 Å². The normalized spacial score (nSPS) is 10.1. The van der Waals surface area contributed by atoms with Crippen molar-refractivity contribution in [3.8, 4) is 0 Å². The van der Waals surface area contributed by atoms with Crippen LogP contribution in [0.5, 0.6) is 0 Å². The maximum Gasteiger partial charge on any atom is 0.270 e. The second kappa shape index (κ2) is 10.6. The van der Waals surface area contributed by atoms with E-state index in [9.17, 15) is 9.59 Å². The fourth-order valence-corrected chi connectivity index (χ4v) is 3.03. The van der Waals surface area contributed by atoms with Crippen LogP contribution in [0.25, 0.3) is 0 Å². The number of nitrogens with one attached hydrogen (secondary N) is 1. The van der Waals surface area contributed by atoms with Gasteiger partial charge in [-0.25, -0.2) is 4.68 Å². The molecule has 29 heavy (non-hydrogen) atoms. The van der Waals surface area contributed by atoms with Gasteiger partial charge in [-0.2, -0.15) is 5.10 Å². The van der Waals surface area contributed by atoms with Crippen LogP contribution in [0.4, 0.5) is 5.69 Å². The summed E-state index contributed by atoms with van der Waals surface area (Å²) in [6.07, 6.45) is 0.433. The summed E-state index contributed by atoms with van der Waals surface area (Å²) in [5.74, 6) is -0.298. The molecule has 6 heteroatoms. The summed E-state index contributed by atoms with van der Waals surface area (Å²) < 4.78 is 1.21. The lowest BCUT2D eigenvalue weighted by Crippen LogP contribution is -2.32. The van der Waals surface area contributed by atoms with Crippen molar-refractivity contribution in [3.05, 3.63) is 92.4 Å². The number of carbonyl (C=O) groups is 1. The Labute approximate surface area is 176 Å². The molecule has 0 saturated heterocycles. The van der Waals surface area contributed by atoms with Crippen molar-refractivity contribution < 1.29 is 4.79 Å². The topological polar surface area (TPSA) is 64.0 Å². The first kappa shape index (κ1) is 22.4. The maximum atomic E-state index is 12.7. The molecule has 2 aromatic carbocycles. The molecule has 5 nitrogen and oxygen atoms in total. The van der Waals surface area contributed by atoms with Gasteiger partial charge in [-0.3, -0.25) is 9.59 Å². The summed E-state index contributed by atoms with van der Waals surface area (Å²) >= 11 is 6.02. The van der Waals surface area contributed by atoms with E-state index < -0.39 is 0 Å². The second-order valence-corrected chi connectivity index (χ2v) is 6.93. The Morgan fingerprint density at radius 1 is 1.07 bits per heavy atom. The van der Waals surface area contributed by atoms with Crippen molar-refractivity contribution in [2.75, 3.05) is 5.32 Å². The number of aromatic nitrogens is 2. The SMILES string of the molecule is CC.Cc1ccc(NC(=O)Cn2nc(C)cc(Cc3cccc(Cl)c3)c2=O)cc1. The van der Waals surface area contributed by atoms with E-state index in [1.165, 1.54) is 4.68 Å². The predicted molar refractivity (Wildman–Crippen MR) is 119 cm³/mol. The van der Waals surface area contributed by atoms with Crippen LogP contribution in [0, 0.1) is 13.8 Å². The van der Waals surface area contributed by atoms with Gasteiger partial charge in [-0.05, 0) is 49.7 Å². The minimum absolute atomic E-state index is 0.142. The number of hydrogen-bond donors (Lipinski definition) is 1. The highest BCUT2D eigenvalue weighted by Crippen LogP contribution is 2.13. The Morgan fingerprint density at radius 3 is 2.41 bits per heavy atom. The summed E-state index contributed by atoms with van der Waals surface area (Å²) in [5, 5.41) is 7.61. The van der Waals surface area contributed by atoms with E-state index in [4.69, 9.17) is 11.6 Å². The molecule has 0 aliphatic heterocycles. The van der Waals surface area contributed by atoms with E-state index in [-0.39, 0.29) is 18.0 Å². The standard InChI is InChI=1S/C21H20ClN3O2.C2H6/c1-14-6-8-19(9-7-14)23-20(26)13-25-21(27)17(10-15(2)24-25)11-16-4-3-5-18(22)12-16;1-2/h3-10,12H,11,13H2,1-2H3,(H,23,26);1-2H3. The largest absolute Gasteiger partial charge is 0.324 e. The lowest BCUT2D eigenvalue weighted by Gasteiger charge is -2.10. The van der Waals surface area contributed by atoms with E-state index in [2.05, 4.69) is 10.4 Å². The third-order valence-corrected chi connectivity index (χ3v) is 4.32. The molecule has 0 spiro atoms. The van der Waals surface area contributed by atoms with Crippen LogP contribution >= 0.6 is 11.6 Å². The van der Waals surface area contributed by atoms with Crippen LogP contribution < -0.4 is 10.9 Å². The van der Waals surface area contributed by atoms with Gasteiger partial charge < -0.3 is 5.32 Å². The smallest absolute Gasteiger partial charge is 0.270 e. The Bertz CT molecular complexity index is 1030. The maximum absolute atomic E-state index is 12.7. The molecular formula is C23H26ClN3O2. The lowest BCUT2D eigenvalue weighted by molar-refractivity contribution is -0.117. The van der Waals surface area contributed by atoms with Crippen LogP contribution in [0.1, 0.15) is 36.2 Å². The van der Waals surface area contributed by atoms with Crippen LogP contribution in [-0.4, -0.2) is 15.7 Å². The number of aryl methyl sites for hydroxylation is 2. The summed E-state index contributed by atoms with van der Waals surface area (Å²) in [7, 11) is 0. The minimum atomic E-state index is -0.298. The summed E-state index contributed by atoms with van der Waals surface area (Å²) in [5.41, 5.74) is 3.70. The molecule has 0 atom stereocenters. The van der Waals surface area contributed by atoms with Gasteiger partial charge in [0, 0.05) is 22.7 Å². The first-order valence-corrected chi connectivity index (χ1v) is 9.97. The summed E-state index contributed by atoms with van der Waals surface area (Å²) in [4.78, 5) is 25.0. The second-order valence-electron chi connectivity index (χ2n) is 6.49. The van der Waals surface area contributed by atoms with Crippen LogP contribution in [-0.2, 0) is 17.8 Å².